The molecule has 3 aromatic rings. The van der Waals surface area contributed by atoms with E-state index in [1.807, 2.05) is 35.5 Å². The number of esters is 1. The molecule has 0 aliphatic carbocycles. The third-order valence-corrected chi connectivity index (χ3v) is 8.38. The van der Waals surface area contributed by atoms with E-state index in [-0.39, 0.29) is 12.4 Å². The molecule has 1 aliphatic rings. The van der Waals surface area contributed by atoms with Gasteiger partial charge in [0.2, 0.25) is 5.60 Å². The molecule has 1 aromatic heterocycles. The molecule has 1 fully saturated rings. The van der Waals surface area contributed by atoms with Crippen LogP contribution in [0.3, 0.4) is 0 Å². The number of fused-ring (bicyclic) bond motifs is 1. The lowest BCUT2D eigenvalue weighted by molar-refractivity contribution is -0.145. The lowest BCUT2D eigenvalue weighted by atomic mass is 9.95. The summed E-state index contributed by atoms with van der Waals surface area (Å²) < 4.78 is 37.5. The van der Waals surface area contributed by atoms with Gasteiger partial charge in [-0.05, 0) is 42.3 Å². The van der Waals surface area contributed by atoms with Gasteiger partial charge in [-0.15, -0.1) is 0 Å². The van der Waals surface area contributed by atoms with Gasteiger partial charge in [0, 0.05) is 23.0 Å². The molecule has 3 unspecified atom stereocenters. The highest BCUT2D eigenvalue weighted by Crippen LogP contribution is 2.48. The Morgan fingerprint density at radius 2 is 2.00 bits per heavy atom. The molecule has 4 rings (SSSR count). The number of benzene rings is 2. The second-order valence-corrected chi connectivity index (χ2v) is 11.7. The molecule has 0 spiro atoms. The zero-order chi connectivity index (χ0) is 31.2. The number of rotatable bonds is 12. The van der Waals surface area contributed by atoms with Crippen molar-refractivity contribution in [3.63, 3.8) is 0 Å². The second-order valence-electron chi connectivity index (χ2n) is 9.77. The molecular weight excluding hydrogens is 605 g/mol. The van der Waals surface area contributed by atoms with Crippen molar-refractivity contribution in [3.05, 3.63) is 75.6 Å². The van der Waals surface area contributed by atoms with Gasteiger partial charge in [0.05, 0.1) is 13.2 Å². The summed E-state index contributed by atoms with van der Waals surface area (Å²) in [6.07, 6.45) is -2.44. The average molecular weight is 636 g/mol. The number of nitrogens with zero attached hydrogens (tertiary/aromatic N) is 1. The first-order valence-corrected chi connectivity index (χ1v) is 15.3. The number of aliphatic hydroxyl groups excluding tert-OH is 1. The minimum absolute atomic E-state index is 0.171. The van der Waals surface area contributed by atoms with Crippen LogP contribution < -0.4 is 20.9 Å². The standard InChI is InChI=1S/C28H31ClN3O10P/c1-3-4-16-39-25(35)18(2)31-43(38,42-21-11-7-9-19-8-5-6-10-20(19)21)40-17-22-24(34)28(37,13-14-29)26(41-22)32-15-12-23(33)30-27(32)36/h5-12,15,18,22,24,26,34,37H,3-4,16-17H2,1-2H3,(H,31,38)(H,30,33,36)/t18-,22+,24?,26+,28?,43?/m0/s1. The number of aromatic nitrogens is 2. The Bertz CT molecular complexity index is 1680. The highest BCUT2D eigenvalue weighted by Gasteiger charge is 2.56. The van der Waals surface area contributed by atoms with E-state index in [1.165, 1.54) is 6.92 Å². The van der Waals surface area contributed by atoms with Crippen molar-refractivity contribution in [1.29, 1.82) is 0 Å². The highest BCUT2D eigenvalue weighted by molar-refractivity contribution is 7.52. The predicted molar refractivity (Wildman–Crippen MR) is 156 cm³/mol. The van der Waals surface area contributed by atoms with Gasteiger partial charge >= 0.3 is 19.4 Å². The minimum atomic E-state index is -4.44. The molecule has 15 heteroatoms. The SMILES string of the molecule is CCCCOC(=O)[C@H](C)NP(=O)(OC[C@H]1O[C@@H](n2ccc(=O)[nH]c2=O)C(O)(C#CCl)C1O)Oc1cccc2ccccc12. The quantitative estimate of drug-likeness (QED) is 0.0994. The number of carbonyl (C=O) groups is 1. The molecule has 4 N–H and O–H groups in total. The van der Waals surface area contributed by atoms with Crippen molar-refractivity contribution in [1.82, 2.24) is 14.6 Å². The van der Waals surface area contributed by atoms with E-state index in [0.29, 0.717) is 11.8 Å². The van der Waals surface area contributed by atoms with Gasteiger partial charge in [-0.3, -0.25) is 23.7 Å². The molecule has 2 heterocycles. The number of nitrogens with one attached hydrogen (secondary N) is 2. The van der Waals surface area contributed by atoms with Crippen molar-refractivity contribution in [3.8, 4) is 17.0 Å². The monoisotopic (exact) mass is 635 g/mol. The lowest BCUT2D eigenvalue weighted by Crippen LogP contribution is -2.48. The van der Waals surface area contributed by atoms with Gasteiger partial charge in [-0.25, -0.2) is 9.36 Å². The van der Waals surface area contributed by atoms with Gasteiger partial charge in [-0.2, -0.15) is 5.09 Å². The second kappa shape index (κ2) is 13.9. The van der Waals surface area contributed by atoms with Gasteiger partial charge in [0.1, 0.15) is 24.0 Å². The van der Waals surface area contributed by atoms with Crippen LogP contribution in [0.25, 0.3) is 10.8 Å². The summed E-state index contributed by atoms with van der Waals surface area (Å²) in [7, 11) is -4.44. The first-order valence-electron chi connectivity index (χ1n) is 13.4. The number of ether oxygens (including phenoxy) is 2. The van der Waals surface area contributed by atoms with Crippen LogP contribution in [-0.4, -0.2) is 62.8 Å². The van der Waals surface area contributed by atoms with Gasteiger partial charge in [0.15, 0.2) is 6.23 Å². The molecule has 0 saturated carbocycles. The van der Waals surface area contributed by atoms with E-state index in [0.717, 1.165) is 28.6 Å². The Morgan fingerprint density at radius 1 is 1.26 bits per heavy atom. The fourth-order valence-corrected chi connectivity index (χ4v) is 6.08. The first-order chi connectivity index (χ1) is 20.5. The normalized spacial score (nSPS) is 23.6. The summed E-state index contributed by atoms with van der Waals surface area (Å²) in [6.45, 7) is 2.86. The van der Waals surface area contributed by atoms with E-state index in [1.54, 1.807) is 24.3 Å². The van der Waals surface area contributed by atoms with Crippen LogP contribution in [0, 0.1) is 11.3 Å². The Morgan fingerprint density at radius 3 is 2.72 bits per heavy atom. The number of unbranched alkanes of at least 4 members (excludes halogenated alkanes) is 1. The zero-order valence-electron chi connectivity index (χ0n) is 23.3. The number of hydrogen-bond donors (Lipinski definition) is 4. The van der Waals surface area contributed by atoms with Crippen molar-refractivity contribution >= 4 is 36.1 Å². The van der Waals surface area contributed by atoms with Crippen LogP contribution in [0.2, 0.25) is 0 Å². The number of hydrogen-bond acceptors (Lipinski definition) is 10. The summed E-state index contributed by atoms with van der Waals surface area (Å²) in [6, 6.07) is 12.1. The Balaban J connectivity index is 1.62. The number of halogens is 1. The fraction of sp³-hybridized carbons (Fsp3) is 0.393. The predicted octanol–water partition coefficient (Wildman–Crippen LogP) is 2.40. The molecule has 230 valence electrons. The van der Waals surface area contributed by atoms with Crippen molar-refractivity contribution < 1.29 is 38.1 Å². The van der Waals surface area contributed by atoms with Crippen molar-refractivity contribution in [2.45, 2.75) is 56.8 Å². The highest BCUT2D eigenvalue weighted by atomic mass is 35.5. The Kier molecular flexibility index (Phi) is 10.5. The van der Waals surface area contributed by atoms with Crippen molar-refractivity contribution in [2.75, 3.05) is 13.2 Å². The maximum atomic E-state index is 14.2. The van der Waals surface area contributed by atoms with Crippen LogP contribution in [0.1, 0.15) is 32.9 Å². The third-order valence-electron chi connectivity index (χ3n) is 6.66. The molecule has 2 aromatic carbocycles. The van der Waals surface area contributed by atoms with Crippen LogP contribution >= 0.6 is 19.3 Å². The van der Waals surface area contributed by atoms with Crippen LogP contribution in [-0.2, 0) is 23.4 Å². The third kappa shape index (κ3) is 7.37. The summed E-state index contributed by atoms with van der Waals surface area (Å²) in [5.41, 5.74) is -4.10. The largest absolute Gasteiger partial charge is 0.465 e. The summed E-state index contributed by atoms with van der Waals surface area (Å²) in [5, 5.41) is 28.2. The molecular formula is C28H31ClN3O10P. The Hall–Kier alpha value is -3.47. The zero-order valence-corrected chi connectivity index (χ0v) is 24.9. The molecule has 1 saturated heterocycles. The maximum Gasteiger partial charge on any atom is 0.459 e. The molecule has 0 amide bonds. The number of aliphatic hydroxyl groups is 2. The lowest BCUT2D eigenvalue weighted by Gasteiger charge is -2.26. The number of H-pyrrole nitrogens is 1. The summed E-state index contributed by atoms with van der Waals surface area (Å²) in [5.74, 6) is 1.71. The van der Waals surface area contributed by atoms with E-state index in [9.17, 15) is 29.2 Å². The topological polar surface area (TPSA) is 178 Å². The summed E-state index contributed by atoms with van der Waals surface area (Å²) in [4.78, 5) is 38.6. The van der Waals surface area contributed by atoms with Crippen LogP contribution in [0.4, 0.5) is 0 Å². The fourth-order valence-electron chi connectivity index (χ4n) is 4.40. The smallest absolute Gasteiger partial charge is 0.459 e. The minimum Gasteiger partial charge on any atom is -0.465 e. The van der Waals surface area contributed by atoms with Crippen molar-refractivity contribution in [2.24, 2.45) is 0 Å². The first kappa shape index (κ1) is 32.4. The molecule has 0 radical (unpaired) electrons. The van der Waals surface area contributed by atoms with Gasteiger partial charge < -0.3 is 24.2 Å². The van der Waals surface area contributed by atoms with E-state index in [2.05, 4.69) is 11.0 Å². The van der Waals surface area contributed by atoms with Crippen LogP contribution in [0.5, 0.6) is 5.75 Å². The Labute approximate surface area is 251 Å². The maximum absolute atomic E-state index is 14.2. The molecule has 0 bridgehead atoms. The molecule has 1 aliphatic heterocycles. The van der Waals surface area contributed by atoms with Gasteiger partial charge in [-0.1, -0.05) is 49.7 Å². The molecule has 13 nitrogen and oxygen atoms in total. The number of aromatic amines is 1. The van der Waals surface area contributed by atoms with E-state index in [4.69, 9.17) is 30.1 Å². The van der Waals surface area contributed by atoms with E-state index >= 15 is 0 Å². The average Bonchev–Trinajstić information content (AvgIpc) is 3.21. The van der Waals surface area contributed by atoms with E-state index < -0.39 is 61.7 Å². The molecule has 43 heavy (non-hydrogen) atoms. The summed E-state index contributed by atoms with van der Waals surface area (Å²) >= 11 is 5.54. The van der Waals surface area contributed by atoms with Gasteiger partial charge in [0.25, 0.3) is 5.56 Å². The number of carbonyl (C=O) groups excluding carboxylic acids is 1. The van der Waals surface area contributed by atoms with Crippen LogP contribution in [0.15, 0.2) is 64.3 Å². The molecule has 6 atom stereocenters.